The molecule has 0 aromatic heterocycles. The summed E-state index contributed by atoms with van der Waals surface area (Å²) in [6.07, 6.45) is 6.25. The van der Waals surface area contributed by atoms with Crippen LogP contribution in [0.5, 0.6) is 0 Å². The quantitative estimate of drug-likeness (QED) is 0.856. The van der Waals surface area contributed by atoms with Crippen molar-refractivity contribution in [1.29, 1.82) is 0 Å². The highest BCUT2D eigenvalue weighted by atomic mass is 16.2. The number of nitrogens with zero attached hydrogens (tertiary/aromatic N) is 1. The molecule has 1 aliphatic heterocycles. The summed E-state index contributed by atoms with van der Waals surface area (Å²) in [5, 5.41) is 2.79. The second-order valence-corrected chi connectivity index (χ2v) is 5.42. The van der Waals surface area contributed by atoms with Gasteiger partial charge in [0, 0.05) is 24.3 Å². The fraction of sp³-hybridized carbons (Fsp3) is 0.0500. The van der Waals surface area contributed by atoms with E-state index in [-0.39, 0.29) is 17.7 Å². The van der Waals surface area contributed by atoms with Crippen molar-refractivity contribution in [3.63, 3.8) is 0 Å². The topological polar surface area (TPSA) is 66.5 Å². The van der Waals surface area contributed by atoms with Crippen molar-refractivity contribution in [2.45, 2.75) is 0 Å². The Morgan fingerprint density at radius 2 is 1.56 bits per heavy atom. The predicted octanol–water partition coefficient (Wildman–Crippen LogP) is 2.56. The largest absolute Gasteiger partial charge is 0.349 e. The second kappa shape index (κ2) is 7.40. The molecular weight excluding hydrogens is 316 g/mol. The van der Waals surface area contributed by atoms with Gasteiger partial charge in [-0.2, -0.15) is 0 Å². The van der Waals surface area contributed by atoms with Gasteiger partial charge in [-0.1, -0.05) is 42.5 Å². The first kappa shape index (κ1) is 16.4. The first-order valence-corrected chi connectivity index (χ1v) is 7.81. The first-order chi connectivity index (χ1) is 12.1. The zero-order chi connectivity index (χ0) is 17.6. The van der Waals surface area contributed by atoms with E-state index in [1.54, 1.807) is 24.3 Å². The zero-order valence-corrected chi connectivity index (χ0v) is 13.4. The highest BCUT2D eigenvalue weighted by molar-refractivity contribution is 6.28. The van der Waals surface area contributed by atoms with Crippen molar-refractivity contribution in [1.82, 2.24) is 5.32 Å². The van der Waals surface area contributed by atoms with Crippen LogP contribution < -0.4 is 10.2 Å². The van der Waals surface area contributed by atoms with Crippen LogP contribution in [0, 0.1) is 0 Å². The van der Waals surface area contributed by atoms with E-state index in [0.717, 1.165) is 10.5 Å². The number of anilines is 1. The van der Waals surface area contributed by atoms with Crippen LogP contribution in [0.2, 0.25) is 0 Å². The number of nitrogens with one attached hydrogen (secondary N) is 1. The van der Waals surface area contributed by atoms with E-state index in [1.807, 2.05) is 42.5 Å². The van der Waals surface area contributed by atoms with Crippen molar-refractivity contribution in [3.8, 4) is 0 Å². The van der Waals surface area contributed by atoms with Gasteiger partial charge < -0.3 is 5.32 Å². The Bertz CT molecular complexity index is 834. The number of carbonyl (C=O) groups is 3. The average Bonchev–Trinajstić information content (AvgIpc) is 2.98. The third-order valence-electron chi connectivity index (χ3n) is 3.69. The molecule has 0 unspecified atom stereocenters. The van der Waals surface area contributed by atoms with E-state index >= 15 is 0 Å². The number of imide groups is 1. The molecule has 5 nitrogen and oxygen atoms in total. The van der Waals surface area contributed by atoms with Gasteiger partial charge in [-0.3, -0.25) is 14.4 Å². The molecule has 2 aromatic carbocycles. The number of rotatable bonds is 5. The number of carbonyl (C=O) groups excluding carboxylic acids is 3. The van der Waals surface area contributed by atoms with Crippen molar-refractivity contribution in [3.05, 3.63) is 84.0 Å². The van der Waals surface area contributed by atoms with Gasteiger partial charge >= 0.3 is 0 Å². The Kier molecular flexibility index (Phi) is 4.85. The summed E-state index contributed by atoms with van der Waals surface area (Å²) >= 11 is 0. The summed E-state index contributed by atoms with van der Waals surface area (Å²) in [5.74, 6) is -0.983. The Labute approximate surface area is 145 Å². The van der Waals surface area contributed by atoms with Gasteiger partial charge in [0.2, 0.25) is 0 Å². The van der Waals surface area contributed by atoms with Crippen LogP contribution in [0.1, 0.15) is 15.9 Å². The number of hydrogen-bond donors (Lipinski definition) is 1. The van der Waals surface area contributed by atoms with Crippen LogP contribution in [0.25, 0.3) is 6.08 Å². The van der Waals surface area contributed by atoms with Crippen LogP contribution in [-0.4, -0.2) is 24.3 Å². The molecule has 1 N–H and O–H groups in total. The minimum absolute atomic E-state index is 0.221. The normalized spacial score (nSPS) is 13.7. The van der Waals surface area contributed by atoms with Crippen LogP contribution in [0.3, 0.4) is 0 Å². The molecule has 5 heteroatoms. The number of amides is 3. The van der Waals surface area contributed by atoms with Crippen LogP contribution >= 0.6 is 0 Å². The molecule has 0 atom stereocenters. The smallest absolute Gasteiger partial charge is 0.258 e. The lowest BCUT2D eigenvalue weighted by Gasteiger charge is -2.14. The van der Waals surface area contributed by atoms with Gasteiger partial charge in [-0.25, -0.2) is 4.90 Å². The van der Waals surface area contributed by atoms with Crippen molar-refractivity contribution in [2.24, 2.45) is 0 Å². The highest BCUT2D eigenvalue weighted by Crippen LogP contribution is 2.19. The van der Waals surface area contributed by atoms with Gasteiger partial charge in [-0.05, 0) is 29.8 Å². The summed E-state index contributed by atoms with van der Waals surface area (Å²) in [4.78, 5) is 36.4. The Morgan fingerprint density at radius 3 is 2.20 bits per heavy atom. The maximum absolute atomic E-state index is 12.1. The molecule has 1 heterocycles. The number of benzene rings is 2. The molecule has 2 aromatic rings. The van der Waals surface area contributed by atoms with Crippen LogP contribution in [0.15, 0.2) is 72.8 Å². The maximum Gasteiger partial charge on any atom is 0.258 e. The van der Waals surface area contributed by atoms with Crippen molar-refractivity contribution < 1.29 is 14.4 Å². The molecule has 0 fully saturated rings. The van der Waals surface area contributed by atoms with E-state index in [1.165, 1.54) is 12.2 Å². The minimum Gasteiger partial charge on any atom is -0.349 e. The van der Waals surface area contributed by atoms with Crippen molar-refractivity contribution in [2.75, 3.05) is 11.4 Å². The highest BCUT2D eigenvalue weighted by Gasteiger charge is 2.24. The Balaban J connectivity index is 1.57. The molecule has 0 bridgehead atoms. The van der Waals surface area contributed by atoms with E-state index in [9.17, 15) is 14.4 Å². The third-order valence-corrected chi connectivity index (χ3v) is 3.69. The Morgan fingerprint density at radius 1 is 0.920 bits per heavy atom. The standard InChI is InChI=1S/C20H16N2O3/c23-18-12-13-19(24)22(18)17-10-8-16(9-11-17)20(25)21-14-4-7-15-5-2-1-3-6-15/h1-13H,14H2,(H,21,25)/b7-4+. The monoisotopic (exact) mass is 332 g/mol. The van der Waals surface area contributed by atoms with Crippen LogP contribution in [0.4, 0.5) is 5.69 Å². The van der Waals surface area contributed by atoms with E-state index in [2.05, 4.69) is 5.32 Å². The minimum atomic E-state index is -0.381. The van der Waals surface area contributed by atoms with Gasteiger partial charge in [0.1, 0.15) is 0 Å². The molecule has 124 valence electrons. The zero-order valence-electron chi connectivity index (χ0n) is 13.4. The molecule has 0 aliphatic carbocycles. The fourth-order valence-electron chi connectivity index (χ4n) is 2.43. The summed E-state index contributed by atoms with van der Waals surface area (Å²) in [6.45, 7) is 0.405. The van der Waals surface area contributed by atoms with Gasteiger partial charge in [0.05, 0.1) is 5.69 Å². The molecule has 0 saturated heterocycles. The maximum atomic E-state index is 12.1. The molecule has 1 aliphatic rings. The molecule has 25 heavy (non-hydrogen) atoms. The lowest BCUT2D eigenvalue weighted by molar-refractivity contribution is -0.119. The molecule has 0 radical (unpaired) electrons. The second-order valence-electron chi connectivity index (χ2n) is 5.42. The van der Waals surface area contributed by atoms with Gasteiger partial charge in [0.25, 0.3) is 17.7 Å². The SMILES string of the molecule is O=C(NC/C=C/c1ccccc1)c1ccc(N2C(=O)C=CC2=O)cc1. The van der Waals surface area contributed by atoms with E-state index in [0.29, 0.717) is 17.8 Å². The fourth-order valence-corrected chi connectivity index (χ4v) is 2.43. The summed E-state index contributed by atoms with van der Waals surface area (Å²) in [5.41, 5.74) is 1.97. The lowest BCUT2D eigenvalue weighted by atomic mass is 10.2. The predicted molar refractivity (Wildman–Crippen MR) is 95.9 cm³/mol. The van der Waals surface area contributed by atoms with Crippen molar-refractivity contribution >= 4 is 29.5 Å². The summed E-state index contributed by atoms with van der Waals surface area (Å²) < 4.78 is 0. The number of hydrogen-bond acceptors (Lipinski definition) is 3. The van der Waals surface area contributed by atoms with Gasteiger partial charge in [-0.15, -0.1) is 0 Å². The molecule has 3 amide bonds. The first-order valence-electron chi connectivity index (χ1n) is 7.81. The van der Waals surface area contributed by atoms with E-state index in [4.69, 9.17) is 0 Å². The van der Waals surface area contributed by atoms with Gasteiger partial charge in [0.15, 0.2) is 0 Å². The van der Waals surface area contributed by atoms with Crippen LogP contribution in [-0.2, 0) is 9.59 Å². The molecule has 0 saturated carbocycles. The average molecular weight is 332 g/mol. The Hall–Kier alpha value is -3.47. The summed E-state index contributed by atoms with van der Waals surface area (Å²) in [7, 11) is 0. The molecule has 0 spiro atoms. The molecule has 3 rings (SSSR count). The summed E-state index contributed by atoms with van der Waals surface area (Å²) in [6, 6.07) is 16.1. The molecular formula is C20H16N2O3. The third kappa shape index (κ3) is 3.90. The van der Waals surface area contributed by atoms with E-state index < -0.39 is 0 Å². The lowest BCUT2D eigenvalue weighted by Crippen LogP contribution is -2.29.